The van der Waals surface area contributed by atoms with Crippen molar-refractivity contribution in [2.75, 3.05) is 19.7 Å². The minimum Gasteiger partial charge on any atom is -0.493 e. The molecule has 0 radical (unpaired) electrons. The fourth-order valence-electron chi connectivity index (χ4n) is 2.78. The number of thiazole rings is 1. The Labute approximate surface area is 134 Å². The molecule has 1 aliphatic rings. The molecule has 2 heterocycles. The molecule has 1 aromatic carbocycles. The van der Waals surface area contributed by atoms with Gasteiger partial charge in [0.2, 0.25) is 0 Å². The Morgan fingerprint density at radius 3 is 3.18 bits per heavy atom. The molecule has 1 amide bonds. The summed E-state index contributed by atoms with van der Waals surface area (Å²) in [5.41, 5.74) is 3.46. The highest BCUT2D eigenvalue weighted by molar-refractivity contribution is 7.07. The van der Waals surface area contributed by atoms with Crippen molar-refractivity contribution >= 4 is 17.2 Å². The van der Waals surface area contributed by atoms with E-state index >= 15 is 0 Å². The number of rotatable bonds is 4. The van der Waals surface area contributed by atoms with Crippen molar-refractivity contribution in [3.05, 3.63) is 46.4 Å². The summed E-state index contributed by atoms with van der Waals surface area (Å²) in [6.07, 6.45) is 2.13. The van der Waals surface area contributed by atoms with Crippen LogP contribution in [0.1, 0.15) is 28.9 Å². The molecule has 1 atom stereocenters. The van der Waals surface area contributed by atoms with E-state index in [0.717, 1.165) is 31.7 Å². The summed E-state index contributed by atoms with van der Waals surface area (Å²) in [5.74, 6) is 1.33. The van der Waals surface area contributed by atoms with Gasteiger partial charge in [-0.15, -0.1) is 11.3 Å². The summed E-state index contributed by atoms with van der Waals surface area (Å²) < 4.78 is 5.89. The van der Waals surface area contributed by atoms with Gasteiger partial charge < -0.3 is 9.64 Å². The van der Waals surface area contributed by atoms with Crippen LogP contribution in [-0.4, -0.2) is 35.5 Å². The number of aromatic nitrogens is 1. The SMILES string of the molecule is Cc1cccc(OC[C@@H]2CCCN(C(=O)c3cscn3)C2)c1. The van der Waals surface area contributed by atoms with E-state index in [9.17, 15) is 4.79 Å². The van der Waals surface area contributed by atoms with Crippen molar-refractivity contribution in [3.8, 4) is 5.75 Å². The fraction of sp³-hybridized carbons (Fsp3) is 0.412. The third-order valence-electron chi connectivity index (χ3n) is 3.93. The average Bonchev–Trinajstić information content (AvgIpc) is 3.07. The van der Waals surface area contributed by atoms with Crippen LogP contribution in [0.3, 0.4) is 0 Å². The Balaban J connectivity index is 1.55. The number of hydrogen-bond donors (Lipinski definition) is 0. The molecule has 2 aromatic rings. The zero-order valence-corrected chi connectivity index (χ0v) is 13.5. The first-order valence-corrected chi connectivity index (χ1v) is 8.53. The van der Waals surface area contributed by atoms with Crippen molar-refractivity contribution in [2.45, 2.75) is 19.8 Å². The summed E-state index contributed by atoms with van der Waals surface area (Å²) in [4.78, 5) is 18.4. The van der Waals surface area contributed by atoms with E-state index in [-0.39, 0.29) is 5.91 Å². The van der Waals surface area contributed by atoms with Crippen LogP contribution in [-0.2, 0) is 0 Å². The van der Waals surface area contributed by atoms with Gasteiger partial charge in [-0.3, -0.25) is 4.79 Å². The lowest BCUT2D eigenvalue weighted by atomic mass is 9.98. The van der Waals surface area contributed by atoms with Crippen LogP contribution >= 0.6 is 11.3 Å². The van der Waals surface area contributed by atoms with E-state index in [1.165, 1.54) is 16.9 Å². The number of likely N-dealkylation sites (tertiary alicyclic amines) is 1. The molecule has 1 fully saturated rings. The largest absolute Gasteiger partial charge is 0.493 e. The second kappa shape index (κ2) is 6.92. The van der Waals surface area contributed by atoms with Crippen molar-refractivity contribution in [1.82, 2.24) is 9.88 Å². The van der Waals surface area contributed by atoms with E-state index in [4.69, 9.17) is 4.74 Å². The molecule has 0 saturated carbocycles. The molecule has 0 aliphatic carbocycles. The summed E-state index contributed by atoms with van der Waals surface area (Å²) in [5, 5.41) is 1.81. The molecule has 0 bridgehead atoms. The van der Waals surface area contributed by atoms with E-state index in [2.05, 4.69) is 18.0 Å². The van der Waals surface area contributed by atoms with Gasteiger partial charge in [0.05, 0.1) is 12.1 Å². The topological polar surface area (TPSA) is 42.4 Å². The summed E-state index contributed by atoms with van der Waals surface area (Å²) in [6, 6.07) is 8.08. The lowest BCUT2D eigenvalue weighted by molar-refractivity contribution is 0.0628. The first-order chi connectivity index (χ1) is 10.7. The molecule has 0 unspecified atom stereocenters. The Hall–Kier alpha value is -1.88. The van der Waals surface area contributed by atoms with Gasteiger partial charge in [0.15, 0.2) is 0 Å². The highest BCUT2D eigenvalue weighted by atomic mass is 32.1. The first-order valence-electron chi connectivity index (χ1n) is 7.59. The molecule has 116 valence electrons. The molecule has 5 heteroatoms. The number of carbonyl (C=O) groups is 1. The zero-order chi connectivity index (χ0) is 15.4. The Kier molecular flexibility index (Phi) is 4.73. The molecule has 0 N–H and O–H groups in total. The van der Waals surface area contributed by atoms with Crippen LogP contribution in [0.25, 0.3) is 0 Å². The molecule has 4 nitrogen and oxygen atoms in total. The van der Waals surface area contributed by atoms with Gasteiger partial charge in [-0.25, -0.2) is 4.98 Å². The van der Waals surface area contributed by atoms with Crippen LogP contribution in [0.15, 0.2) is 35.2 Å². The monoisotopic (exact) mass is 316 g/mol. The third kappa shape index (κ3) is 3.65. The number of carbonyl (C=O) groups excluding carboxylic acids is 1. The average molecular weight is 316 g/mol. The normalized spacial score (nSPS) is 18.2. The number of ether oxygens (including phenoxy) is 1. The van der Waals surface area contributed by atoms with Gasteiger partial charge in [0.1, 0.15) is 11.4 Å². The lowest BCUT2D eigenvalue weighted by Gasteiger charge is -2.32. The van der Waals surface area contributed by atoms with Gasteiger partial charge >= 0.3 is 0 Å². The lowest BCUT2D eigenvalue weighted by Crippen LogP contribution is -2.41. The second-order valence-electron chi connectivity index (χ2n) is 5.76. The molecule has 1 aliphatic heterocycles. The first kappa shape index (κ1) is 15.0. The maximum Gasteiger partial charge on any atom is 0.273 e. The molecule has 0 spiro atoms. The summed E-state index contributed by atoms with van der Waals surface area (Å²) >= 11 is 1.46. The Morgan fingerprint density at radius 1 is 1.50 bits per heavy atom. The number of amides is 1. The molecule has 1 saturated heterocycles. The second-order valence-corrected chi connectivity index (χ2v) is 6.48. The van der Waals surface area contributed by atoms with Crippen molar-refractivity contribution in [1.29, 1.82) is 0 Å². The number of piperidine rings is 1. The van der Waals surface area contributed by atoms with Crippen molar-refractivity contribution in [3.63, 3.8) is 0 Å². The van der Waals surface area contributed by atoms with E-state index < -0.39 is 0 Å². The predicted molar refractivity (Wildman–Crippen MR) is 87.4 cm³/mol. The fourth-order valence-corrected chi connectivity index (χ4v) is 3.31. The minimum absolute atomic E-state index is 0.0431. The van der Waals surface area contributed by atoms with Crippen molar-refractivity contribution < 1.29 is 9.53 Å². The van der Waals surface area contributed by atoms with Gasteiger partial charge in [-0.1, -0.05) is 12.1 Å². The highest BCUT2D eigenvalue weighted by Gasteiger charge is 2.25. The van der Waals surface area contributed by atoms with Gasteiger partial charge in [0.25, 0.3) is 5.91 Å². The third-order valence-corrected chi connectivity index (χ3v) is 4.52. The van der Waals surface area contributed by atoms with Crippen LogP contribution in [0.4, 0.5) is 0 Å². The predicted octanol–water partition coefficient (Wildman–Crippen LogP) is 3.38. The summed E-state index contributed by atoms with van der Waals surface area (Å²) in [7, 11) is 0. The van der Waals surface area contributed by atoms with Crippen LogP contribution < -0.4 is 4.74 Å². The minimum atomic E-state index is 0.0431. The van der Waals surface area contributed by atoms with E-state index in [1.807, 2.05) is 28.5 Å². The number of hydrogen-bond acceptors (Lipinski definition) is 4. The van der Waals surface area contributed by atoms with E-state index in [1.54, 1.807) is 5.51 Å². The standard InChI is InChI=1S/C17H20N2O2S/c1-13-4-2-6-15(8-13)21-10-14-5-3-7-19(9-14)17(20)16-11-22-12-18-16/h2,4,6,8,11-12,14H,3,5,7,9-10H2,1H3/t14-/m1/s1. The summed E-state index contributed by atoms with van der Waals surface area (Å²) in [6.45, 7) is 4.28. The molecule has 3 rings (SSSR count). The number of nitrogens with zero attached hydrogens (tertiary/aromatic N) is 2. The maximum absolute atomic E-state index is 12.4. The smallest absolute Gasteiger partial charge is 0.273 e. The van der Waals surface area contributed by atoms with Crippen molar-refractivity contribution in [2.24, 2.45) is 5.92 Å². The van der Waals surface area contributed by atoms with Crippen LogP contribution in [0, 0.1) is 12.8 Å². The Morgan fingerprint density at radius 2 is 2.41 bits per heavy atom. The maximum atomic E-state index is 12.4. The van der Waals surface area contributed by atoms with Gasteiger partial charge in [-0.05, 0) is 37.5 Å². The molecular weight excluding hydrogens is 296 g/mol. The van der Waals surface area contributed by atoms with E-state index in [0.29, 0.717) is 18.2 Å². The number of aryl methyl sites for hydroxylation is 1. The van der Waals surface area contributed by atoms with Crippen LogP contribution in [0.5, 0.6) is 5.75 Å². The Bertz CT molecular complexity index is 627. The van der Waals surface area contributed by atoms with Crippen LogP contribution in [0.2, 0.25) is 0 Å². The zero-order valence-electron chi connectivity index (χ0n) is 12.7. The quantitative estimate of drug-likeness (QED) is 0.868. The molecular formula is C17H20N2O2S. The van der Waals surface area contributed by atoms with Gasteiger partial charge in [0, 0.05) is 24.4 Å². The highest BCUT2D eigenvalue weighted by Crippen LogP contribution is 2.21. The van der Waals surface area contributed by atoms with Gasteiger partial charge in [-0.2, -0.15) is 0 Å². The number of benzene rings is 1. The molecule has 22 heavy (non-hydrogen) atoms. The molecule has 1 aromatic heterocycles.